The van der Waals surface area contributed by atoms with Crippen LogP contribution in [0.1, 0.15) is 38.9 Å². The summed E-state index contributed by atoms with van der Waals surface area (Å²) in [6.07, 6.45) is 2.47. The maximum absolute atomic E-state index is 12.5. The predicted octanol–water partition coefficient (Wildman–Crippen LogP) is 3.46. The quantitative estimate of drug-likeness (QED) is 0.557. The van der Waals surface area contributed by atoms with E-state index in [0.29, 0.717) is 25.0 Å². The van der Waals surface area contributed by atoms with Gasteiger partial charge < -0.3 is 9.80 Å². The number of anilines is 1. The third kappa shape index (κ3) is 4.39. The first-order valence-corrected chi connectivity index (χ1v) is 10.2. The smallest absolute Gasteiger partial charge is 0.230 e. The highest BCUT2D eigenvalue weighted by atomic mass is 16.2. The first-order valence-electron chi connectivity index (χ1n) is 10.2. The van der Waals surface area contributed by atoms with Gasteiger partial charge in [0.05, 0.1) is 17.6 Å². The van der Waals surface area contributed by atoms with Gasteiger partial charge in [-0.15, -0.1) is 0 Å². The normalized spacial score (nSPS) is 15.2. The number of aliphatic imine (C=N–C) groups is 2. The van der Waals surface area contributed by atoms with Gasteiger partial charge in [-0.2, -0.15) is 5.10 Å². The molecule has 0 spiro atoms. The van der Waals surface area contributed by atoms with Crippen LogP contribution in [0.2, 0.25) is 0 Å². The lowest BCUT2D eigenvalue weighted by Gasteiger charge is -2.36. The fourth-order valence-electron chi connectivity index (χ4n) is 3.75. The molecule has 0 unspecified atom stereocenters. The number of amides is 1. The zero-order valence-electron chi connectivity index (χ0n) is 17.6. The standard InChI is InChI=1S/C22H30N6O/c1-6-19-18-9-8-17(14-20(18)28(25-19)16(3)4)26-10-12-27(13-11-26)22(29)15-21(23-5)24-7-2/h7-9,14,16H,2,5-6,10-13,15H2,1,3-4H3. The summed E-state index contributed by atoms with van der Waals surface area (Å²) >= 11 is 0. The summed E-state index contributed by atoms with van der Waals surface area (Å²) in [4.78, 5) is 24.5. The Labute approximate surface area is 172 Å². The van der Waals surface area contributed by atoms with E-state index in [1.54, 1.807) is 0 Å². The van der Waals surface area contributed by atoms with Crippen LogP contribution in [-0.2, 0) is 11.2 Å². The van der Waals surface area contributed by atoms with Crippen molar-refractivity contribution in [3.8, 4) is 0 Å². The molecule has 1 fully saturated rings. The molecular formula is C22H30N6O. The van der Waals surface area contributed by atoms with Crippen LogP contribution in [0.3, 0.4) is 0 Å². The second-order valence-corrected chi connectivity index (χ2v) is 7.47. The Bertz CT molecular complexity index is 934. The summed E-state index contributed by atoms with van der Waals surface area (Å²) < 4.78 is 2.11. The summed E-state index contributed by atoms with van der Waals surface area (Å²) in [7, 11) is 0. The lowest BCUT2D eigenvalue weighted by Crippen LogP contribution is -2.49. The van der Waals surface area contributed by atoms with Gasteiger partial charge >= 0.3 is 0 Å². The highest BCUT2D eigenvalue weighted by Gasteiger charge is 2.23. The van der Waals surface area contributed by atoms with Gasteiger partial charge in [-0.3, -0.25) is 9.48 Å². The zero-order valence-corrected chi connectivity index (χ0v) is 17.6. The van der Waals surface area contributed by atoms with Crippen molar-refractivity contribution < 1.29 is 4.79 Å². The Hall–Kier alpha value is -2.96. The molecule has 2 aromatic rings. The molecule has 1 amide bonds. The van der Waals surface area contributed by atoms with E-state index in [0.717, 1.165) is 25.2 Å². The number of hydrogen-bond acceptors (Lipinski definition) is 4. The fourth-order valence-corrected chi connectivity index (χ4v) is 3.75. The van der Waals surface area contributed by atoms with Crippen LogP contribution in [0.25, 0.3) is 10.9 Å². The number of aryl methyl sites for hydroxylation is 1. The van der Waals surface area contributed by atoms with Crippen LogP contribution in [-0.4, -0.2) is 59.3 Å². The van der Waals surface area contributed by atoms with Gasteiger partial charge in [0.1, 0.15) is 5.84 Å². The van der Waals surface area contributed by atoms with E-state index in [-0.39, 0.29) is 12.3 Å². The molecule has 0 bridgehead atoms. The number of fused-ring (bicyclic) bond motifs is 1. The molecule has 2 heterocycles. The molecule has 0 aliphatic carbocycles. The summed E-state index contributed by atoms with van der Waals surface area (Å²) in [5, 5.41) is 6.02. The van der Waals surface area contributed by atoms with Gasteiger partial charge in [0.25, 0.3) is 0 Å². The van der Waals surface area contributed by atoms with Crippen LogP contribution in [0, 0.1) is 0 Å². The topological polar surface area (TPSA) is 66.1 Å². The van der Waals surface area contributed by atoms with Crippen molar-refractivity contribution in [2.75, 3.05) is 31.1 Å². The highest BCUT2D eigenvalue weighted by Crippen LogP contribution is 2.28. The number of rotatable bonds is 6. The molecule has 7 nitrogen and oxygen atoms in total. The minimum absolute atomic E-state index is 0.0265. The fraction of sp³-hybridized carbons (Fsp3) is 0.455. The maximum Gasteiger partial charge on any atom is 0.230 e. The first-order chi connectivity index (χ1) is 14.0. The second kappa shape index (κ2) is 9.03. The van der Waals surface area contributed by atoms with Crippen molar-refractivity contribution in [1.82, 2.24) is 14.7 Å². The average Bonchev–Trinajstić information content (AvgIpc) is 3.11. The van der Waals surface area contributed by atoms with Crippen LogP contribution in [0.4, 0.5) is 5.69 Å². The van der Waals surface area contributed by atoms with Gasteiger partial charge in [0.15, 0.2) is 0 Å². The average molecular weight is 395 g/mol. The van der Waals surface area contributed by atoms with Gasteiger partial charge in [-0.1, -0.05) is 13.5 Å². The largest absolute Gasteiger partial charge is 0.368 e. The number of aromatic nitrogens is 2. The van der Waals surface area contributed by atoms with Crippen LogP contribution >= 0.6 is 0 Å². The lowest BCUT2D eigenvalue weighted by atomic mass is 10.1. The van der Waals surface area contributed by atoms with Crippen molar-refractivity contribution in [1.29, 1.82) is 0 Å². The molecule has 154 valence electrons. The van der Waals surface area contributed by atoms with Crippen molar-refractivity contribution >= 4 is 35.1 Å². The molecule has 1 saturated heterocycles. The van der Waals surface area contributed by atoms with E-state index in [1.165, 1.54) is 22.8 Å². The molecule has 0 atom stereocenters. The Morgan fingerprint density at radius 1 is 1.28 bits per heavy atom. The van der Waals surface area contributed by atoms with Gasteiger partial charge in [0, 0.05) is 49.5 Å². The SMILES string of the molecule is C=CN=C(CC(=O)N1CCN(c2ccc3c(CC)nn(C(C)C)c3c2)CC1)N=C. The lowest BCUT2D eigenvalue weighted by molar-refractivity contribution is -0.130. The number of carbonyl (C=O) groups is 1. The number of hydrogen-bond donors (Lipinski definition) is 0. The van der Waals surface area contributed by atoms with E-state index in [4.69, 9.17) is 5.10 Å². The highest BCUT2D eigenvalue weighted by molar-refractivity contribution is 6.01. The van der Waals surface area contributed by atoms with E-state index in [2.05, 4.69) is 71.8 Å². The Balaban J connectivity index is 1.72. The van der Waals surface area contributed by atoms with E-state index >= 15 is 0 Å². The van der Waals surface area contributed by atoms with Crippen molar-refractivity contribution in [3.63, 3.8) is 0 Å². The second-order valence-electron chi connectivity index (χ2n) is 7.47. The van der Waals surface area contributed by atoms with Crippen molar-refractivity contribution in [2.24, 2.45) is 9.98 Å². The minimum atomic E-state index is 0.0265. The van der Waals surface area contributed by atoms with Crippen LogP contribution in [0.15, 0.2) is 41.0 Å². The first kappa shape index (κ1) is 20.8. The van der Waals surface area contributed by atoms with Crippen molar-refractivity contribution in [3.05, 3.63) is 36.7 Å². The molecule has 3 rings (SSSR count). The monoisotopic (exact) mass is 394 g/mol. The molecule has 1 aliphatic heterocycles. The number of amidine groups is 1. The van der Waals surface area contributed by atoms with Crippen LogP contribution in [0.5, 0.6) is 0 Å². The summed E-state index contributed by atoms with van der Waals surface area (Å²) in [6, 6.07) is 6.89. The predicted molar refractivity (Wildman–Crippen MR) is 120 cm³/mol. The molecule has 7 heteroatoms. The Kier molecular flexibility index (Phi) is 6.46. The molecule has 29 heavy (non-hydrogen) atoms. The summed E-state index contributed by atoms with van der Waals surface area (Å²) in [5.74, 6) is 0.435. The number of nitrogens with zero attached hydrogens (tertiary/aromatic N) is 6. The maximum atomic E-state index is 12.5. The Morgan fingerprint density at radius 3 is 2.59 bits per heavy atom. The molecule has 1 aliphatic rings. The Morgan fingerprint density at radius 2 is 2.00 bits per heavy atom. The van der Waals surface area contributed by atoms with Gasteiger partial charge in [-0.05, 0) is 45.2 Å². The summed E-state index contributed by atoms with van der Waals surface area (Å²) in [6.45, 7) is 16.4. The molecular weight excluding hydrogens is 364 g/mol. The minimum Gasteiger partial charge on any atom is -0.368 e. The third-order valence-corrected chi connectivity index (χ3v) is 5.32. The number of carbonyl (C=O) groups excluding carboxylic acids is 1. The van der Waals surface area contributed by atoms with E-state index in [1.807, 2.05) is 4.90 Å². The van der Waals surface area contributed by atoms with Crippen molar-refractivity contribution in [2.45, 2.75) is 39.7 Å². The molecule has 0 radical (unpaired) electrons. The zero-order chi connectivity index (χ0) is 21.0. The molecule has 1 aromatic heterocycles. The van der Waals surface area contributed by atoms with Gasteiger partial charge in [0.2, 0.25) is 5.91 Å². The molecule has 0 saturated carbocycles. The molecule has 1 aromatic carbocycles. The van der Waals surface area contributed by atoms with Gasteiger partial charge in [-0.25, -0.2) is 9.98 Å². The van der Waals surface area contributed by atoms with E-state index < -0.39 is 0 Å². The van der Waals surface area contributed by atoms with E-state index in [9.17, 15) is 4.79 Å². The number of benzene rings is 1. The third-order valence-electron chi connectivity index (χ3n) is 5.32. The molecule has 0 N–H and O–H groups in total. The van der Waals surface area contributed by atoms with Crippen LogP contribution < -0.4 is 4.90 Å². The number of piperazine rings is 1. The summed E-state index contributed by atoms with van der Waals surface area (Å²) in [5.41, 5.74) is 3.49.